The highest BCUT2D eigenvalue weighted by Gasteiger charge is 2.10. The van der Waals surface area contributed by atoms with Gasteiger partial charge < -0.3 is 9.47 Å². The van der Waals surface area contributed by atoms with Gasteiger partial charge >= 0.3 is 12.0 Å². The third-order valence-electron chi connectivity index (χ3n) is 5.33. The summed E-state index contributed by atoms with van der Waals surface area (Å²) in [5, 5.41) is -0.00797. The lowest BCUT2D eigenvalue weighted by Crippen LogP contribution is -1.99. The molecule has 5 aromatic rings. The molecule has 5 rings (SSSR count). The summed E-state index contributed by atoms with van der Waals surface area (Å²) >= 11 is 6.09. The second kappa shape index (κ2) is 10.8. The van der Waals surface area contributed by atoms with Crippen molar-refractivity contribution in [1.82, 2.24) is 15.0 Å². The standard InChI is InChI=1S/C29H22ClN3O2/c30-27-31-28(34-25-15-11-23(12-16-25)19-21-7-3-1-4-8-21)33-29(32-27)35-26-17-13-24(14-18-26)20-22-9-5-2-6-10-22/h1-18H,19-20H2. The quantitative estimate of drug-likeness (QED) is 0.234. The maximum atomic E-state index is 6.09. The summed E-state index contributed by atoms with van der Waals surface area (Å²) in [4.78, 5) is 12.4. The summed E-state index contributed by atoms with van der Waals surface area (Å²) in [6.07, 6.45) is 1.70. The van der Waals surface area contributed by atoms with Crippen molar-refractivity contribution >= 4 is 11.6 Å². The molecule has 0 bridgehead atoms. The summed E-state index contributed by atoms with van der Waals surface area (Å²) in [5.74, 6) is 1.19. The molecule has 0 amide bonds. The lowest BCUT2D eigenvalue weighted by molar-refractivity contribution is 0.397. The Balaban J connectivity index is 1.23. The minimum atomic E-state index is -0.00797. The second-order valence-electron chi connectivity index (χ2n) is 7.99. The molecule has 0 N–H and O–H groups in total. The van der Waals surface area contributed by atoms with E-state index in [0.717, 1.165) is 12.8 Å². The second-order valence-corrected chi connectivity index (χ2v) is 8.32. The maximum absolute atomic E-state index is 6.09. The van der Waals surface area contributed by atoms with Crippen molar-refractivity contribution in [3.63, 3.8) is 0 Å². The van der Waals surface area contributed by atoms with E-state index in [1.807, 2.05) is 84.9 Å². The lowest BCUT2D eigenvalue weighted by atomic mass is 10.1. The number of benzene rings is 4. The summed E-state index contributed by atoms with van der Waals surface area (Å²) in [6, 6.07) is 36.3. The average Bonchev–Trinajstić information content (AvgIpc) is 2.87. The monoisotopic (exact) mass is 479 g/mol. The maximum Gasteiger partial charge on any atom is 0.329 e. The van der Waals surface area contributed by atoms with E-state index in [4.69, 9.17) is 21.1 Å². The van der Waals surface area contributed by atoms with Crippen LogP contribution in [0.1, 0.15) is 22.3 Å². The third kappa shape index (κ3) is 6.43. The van der Waals surface area contributed by atoms with Crippen molar-refractivity contribution in [2.45, 2.75) is 12.8 Å². The summed E-state index contributed by atoms with van der Waals surface area (Å²) in [7, 11) is 0. The van der Waals surface area contributed by atoms with Crippen molar-refractivity contribution in [2.24, 2.45) is 0 Å². The van der Waals surface area contributed by atoms with E-state index in [-0.39, 0.29) is 17.3 Å². The van der Waals surface area contributed by atoms with E-state index in [2.05, 4.69) is 39.2 Å². The van der Waals surface area contributed by atoms with Crippen LogP contribution < -0.4 is 9.47 Å². The fourth-order valence-corrected chi connectivity index (χ4v) is 3.78. The van der Waals surface area contributed by atoms with Crippen LogP contribution in [0.2, 0.25) is 5.28 Å². The Labute approximate surface area is 209 Å². The fourth-order valence-electron chi connectivity index (χ4n) is 3.63. The molecule has 5 nitrogen and oxygen atoms in total. The number of hydrogen-bond acceptors (Lipinski definition) is 5. The smallest absolute Gasteiger partial charge is 0.329 e. The van der Waals surface area contributed by atoms with Gasteiger partial charge in [0.2, 0.25) is 5.28 Å². The van der Waals surface area contributed by atoms with Crippen LogP contribution in [-0.4, -0.2) is 15.0 Å². The van der Waals surface area contributed by atoms with Gasteiger partial charge in [-0.25, -0.2) is 0 Å². The normalized spacial score (nSPS) is 10.7. The molecule has 1 aromatic heterocycles. The number of ether oxygens (including phenoxy) is 2. The SMILES string of the molecule is Clc1nc(Oc2ccc(Cc3ccccc3)cc2)nc(Oc2ccc(Cc3ccccc3)cc2)n1. The Morgan fingerprint density at radius 2 is 0.829 bits per heavy atom. The largest absolute Gasteiger partial charge is 0.424 e. The first-order valence-corrected chi connectivity index (χ1v) is 11.6. The van der Waals surface area contributed by atoms with Crippen molar-refractivity contribution < 1.29 is 9.47 Å². The molecule has 172 valence electrons. The van der Waals surface area contributed by atoms with Gasteiger partial charge in [-0.15, -0.1) is 4.98 Å². The lowest BCUT2D eigenvalue weighted by Gasteiger charge is -2.08. The molecule has 0 unspecified atom stereocenters. The predicted octanol–water partition coefficient (Wildman–Crippen LogP) is 7.29. The van der Waals surface area contributed by atoms with Crippen LogP contribution in [0.15, 0.2) is 109 Å². The van der Waals surface area contributed by atoms with Crippen molar-refractivity contribution in [1.29, 1.82) is 0 Å². The zero-order chi connectivity index (χ0) is 23.9. The summed E-state index contributed by atoms with van der Waals surface area (Å²) in [6.45, 7) is 0. The average molecular weight is 480 g/mol. The van der Waals surface area contributed by atoms with Crippen LogP contribution in [0.3, 0.4) is 0 Å². The minimum Gasteiger partial charge on any atom is -0.424 e. The van der Waals surface area contributed by atoms with E-state index in [1.165, 1.54) is 22.3 Å². The summed E-state index contributed by atoms with van der Waals surface area (Å²) < 4.78 is 11.6. The Morgan fingerprint density at radius 3 is 1.23 bits per heavy atom. The van der Waals surface area contributed by atoms with E-state index in [1.54, 1.807) is 0 Å². The van der Waals surface area contributed by atoms with Crippen molar-refractivity contribution in [2.75, 3.05) is 0 Å². The molecule has 0 radical (unpaired) electrons. The van der Waals surface area contributed by atoms with Crippen molar-refractivity contribution in [3.05, 3.63) is 137 Å². The molecular weight excluding hydrogens is 458 g/mol. The first-order chi connectivity index (χ1) is 17.2. The van der Waals surface area contributed by atoms with Gasteiger partial charge in [-0.3, -0.25) is 0 Å². The van der Waals surface area contributed by atoms with Gasteiger partial charge in [-0.2, -0.15) is 9.97 Å². The Bertz CT molecular complexity index is 1270. The van der Waals surface area contributed by atoms with Gasteiger partial charge in [0, 0.05) is 0 Å². The molecular formula is C29H22ClN3O2. The van der Waals surface area contributed by atoms with Gasteiger partial charge in [0.15, 0.2) is 0 Å². The molecule has 0 aliphatic carbocycles. The van der Waals surface area contributed by atoms with Crippen LogP contribution in [0.4, 0.5) is 0 Å². The van der Waals surface area contributed by atoms with Crippen LogP contribution in [0.25, 0.3) is 0 Å². The zero-order valence-corrected chi connectivity index (χ0v) is 19.6. The molecule has 0 atom stereocenters. The molecule has 6 heteroatoms. The zero-order valence-electron chi connectivity index (χ0n) is 18.8. The number of aromatic nitrogens is 3. The number of nitrogens with zero attached hydrogens (tertiary/aromatic N) is 3. The molecule has 4 aromatic carbocycles. The molecule has 1 heterocycles. The summed E-state index contributed by atoms with van der Waals surface area (Å²) in [5.41, 5.74) is 4.86. The van der Waals surface area contributed by atoms with Gasteiger partial charge in [-0.05, 0) is 71.0 Å². The number of rotatable bonds is 8. The molecule has 0 saturated heterocycles. The highest BCUT2D eigenvalue weighted by molar-refractivity contribution is 6.28. The topological polar surface area (TPSA) is 57.1 Å². The Morgan fingerprint density at radius 1 is 0.457 bits per heavy atom. The van der Waals surface area contributed by atoms with Crippen LogP contribution in [-0.2, 0) is 12.8 Å². The van der Waals surface area contributed by atoms with Gasteiger partial charge in [0.25, 0.3) is 0 Å². The van der Waals surface area contributed by atoms with Crippen LogP contribution in [0.5, 0.6) is 23.5 Å². The molecule has 0 aliphatic rings. The first-order valence-electron chi connectivity index (χ1n) is 11.2. The highest BCUT2D eigenvalue weighted by Crippen LogP contribution is 2.25. The molecule has 0 fully saturated rings. The number of hydrogen-bond donors (Lipinski definition) is 0. The van der Waals surface area contributed by atoms with Gasteiger partial charge in [0.05, 0.1) is 0 Å². The van der Waals surface area contributed by atoms with Gasteiger partial charge in [-0.1, -0.05) is 84.9 Å². The Hall–Kier alpha value is -4.22. The van der Waals surface area contributed by atoms with Crippen LogP contribution in [0, 0.1) is 0 Å². The van der Waals surface area contributed by atoms with Crippen LogP contribution >= 0.6 is 11.6 Å². The molecule has 0 spiro atoms. The number of halogens is 1. The van der Waals surface area contributed by atoms with E-state index >= 15 is 0 Å². The molecule has 0 aliphatic heterocycles. The Kier molecular flexibility index (Phi) is 6.97. The van der Waals surface area contributed by atoms with E-state index in [0.29, 0.717) is 11.5 Å². The minimum absolute atomic E-state index is 0.00797. The first kappa shape index (κ1) is 22.6. The highest BCUT2D eigenvalue weighted by atomic mass is 35.5. The third-order valence-corrected chi connectivity index (χ3v) is 5.50. The van der Waals surface area contributed by atoms with Gasteiger partial charge in [0.1, 0.15) is 11.5 Å². The molecule has 35 heavy (non-hydrogen) atoms. The fraction of sp³-hybridized carbons (Fsp3) is 0.0690. The molecule has 0 saturated carbocycles. The predicted molar refractivity (Wildman–Crippen MR) is 136 cm³/mol. The van der Waals surface area contributed by atoms with E-state index in [9.17, 15) is 0 Å². The van der Waals surface area contributed by atoms with E-state index < -0.39 is 0 Å². The van der Waals surface area contributed by atoms with Crippen molar-refractivity contribution in [3.8, 4) is 23.5 Å².